The van der Waals surface area contributed by atoms with Crippen molar-refractivity contribution in [3.63, 3.8) is 0 Å². The highest BCUT2D eigenvalue weighted by molar-refractivity contribution is 6.39. The summed E-state index contributed by atoms with van der Waals surface area (Å²) < 4.78 is 5.21. The zero-order chi connectivity index (χ0) is 21.5. The third-order valence-electron chi connectivity index (χ3n) is 5.17. The molecule has 2 heterocycles. The molecule has 1 saturated heterocycles. The SMILES string of the molecule is COc1ccc(C)cc1NC(=O)C(=O)NCC1CCN(C(=O)c2cccnc2)CC1. The zero-order valence-electron chi connectivity index (χ0n) is 17.2. The van der Waals surface area contributed by atoms with Gasteiger partial charge in [0, 0.05) is 32.0 Å². The van der Waals surface area contributed by atoms with E-state index in [2.05, 4.69) is 15.6 Å². The van der Waals surface area contributed by atoms with Crippen LogP contribution in [0.5, 0.6) is 5.75 Å². The Balaban J connectivity index is 1.45. The molecular weight excluding hydrogens is 384 g/mol. The van der Waals surface area contributed by atoms with Crippen molar-refractivity contribution in [1.82, 2.24) is 15.2 Å². The Morgan fingerprint density at radius 1 is 1.17 bits per heavy atom. The molecule has 0 atom stereocenters. The van der Waals surface area contributed by atoms with Crippen LogP contribution in [0.3, 0.4) is 0 Å². The van der Waals surface area contributed by atoms with Crippen molar-refractivity contribution in [3.8, 4) is 5.75 Å². The largest absolute Gasteiger partial charge is 0.495 e. The number of likely N-dealkylation sites (tertiary alicyclic amines) is 1. The molecule has 1 aliphatic rings. The first kappa shape index (κ1) is 21.3. The fourth-order valence-electron chi connectivity index (χ4n) is 3.43. The minimum absolute atomic E-state index is 0.0305. The Kier molecular flexibility index (Phi) is 7.00. The van der Waals surface area contributed by atoms with Crippen molar-refractivity contribution in [2.75, 3.05) is 32.1 Å². The van der Waals surface area contributed by atoms with E-state index in [1.54, 1.807) is 41.6 Å². The van der Waals surface area contributed by atoms with E-state index in [0.717, 1.165) is 18.4 Å². The molecule has 1 aliphatic heterocycles. The maximum Gasteiger partial charge on any atom is 0.313 e. The Morgan fingerprint density at radius 3 is 2.60 bits per heavy atom. The monoisotopic (exact) mass is 410 g/mol. The van der Waals surface area contributed by atoms with Crippen LogP contribution in [0.25, 0.3) is 0 Å². The van der Waals surface area contributed by atoms with Crippen LogP contribution in [0.4, 0.5) is 5.69 Å². The molecule has 3 amide bonds. The number of carbonyl (C=O) groups is 3. The molecule has 158 valence electrons. The van der Waals surface area contributed by atoms with Crippen LogP contribution >= 0.6 is 0 Å². The lowest BCUT2D eigenvalue weighted by Gasteiger charge is -2.32. The lowest BCUT2D eigenvalue weighted by atomic mass is 9.96. The summed E-state index contributed by atoms with van der Waals surface area (Å²) in [6, 6.07) is 8.85. The van der Waals surface area contributed by atoms with Gasteiger partial charge < -0.3 is 20.3 Å². The second kappa shape index (κ2) is 9.87. The predicted molar refractivity (Wildman–Crippen MR) is 112 cm³/mol. The van der Waals surface area contributed by atoms with Gasteiger partial charge in [0.15, 0.2) is 0 Å². The highest BCUT2D eigenvalue weighted by Crippen LogP contribution is 2.25. The number of pyridine rings is 1. The number of aromatic nitrogens is 1. The van der Waals surface area contributed by atoms with E-state index in [4.69, 9.17) is 4.74 Å². The summed E-state index contributed by atoms with van der Waals surface area (Å²) in [5.74, 6) is -0.742. The van der Waals surface area contributed by atoms with E-state index in [-0.39, 0.29) is 11.8 Å². The number of hydrogen-bond acceptors (Lipinski definition) is 5. The highest BCUT2D eigenvalue weighted by atomic mass is 16.5. The van der Waals surface area contributed by atoms with Crippen LogP contribution in [0.15, 0.2) is 42.7 Å². The number of piperidine rings is 1. The molecule has 30 heavy (non-hydrogen) atoms. The van der Waals surface area contributed by atoms with Crippen LogP contribution in [0, 0.1) is 12.8 Å². The minimum atomic E-state index is -0.733. The smallest absolute Gasteiger partial charge is 0.313 e. The maximum atomic E-state index is 12.5. The van der Waals surface area contributed by atoms with E-state index in [1.807, 2.05) is 13.0 Å². The lowest BCUT2D eigenvalue weighted by molar-refractivity contribution is -0.136. The molecule has 0 spiro atoms. The Bertz CT molecular complexity index is 909. The lowest BCUT2D eigenvalue weighted by Crippen LogP contribution is -2.43. The number of amides is 3. The molecule has 1 aromatic heterocycles. The van der Waals surface area contributed by atoms with Gasteiger partial charge in [-0.25, -0.2) is 0 Å². The van der Waals surface area contributed by atoms with E-state index in [9.17, 15) is 14.4 Å². The van der Waals surface area contributed by atoms with Crippen LogP contribution in [-0.4, -0.2) is 54.3 Å². The molecular formula is C22H26N4O4. The number of methoxy groups -OCH3 is 1. The quantitative estimate of drug-likeness (QED) is 0.735. The summed E-state index contributed by atoms with van der Waals surface area (Å²) in [5.41, 5.74) is 1.98. The molecule has 8 heteroatoms. The van der Waals surface area contributed by atoms with Gasteiger partial charge in [-0.1, -0.05) is 6.07 Å². The zero-order valence-corrected chi connectivity index (χ0v) is 17.2. The van der Waals surface area contributed by atoms with Crippen molar-refractivity contribution in [3.05, 3.63) is 53.9 Å². The van der Waals surface area contributed by atoms with Crippen molar-refractivity contribution in [2.24, 2.45) is 5.92 Å². The van der Waals surface area contributed by atoms with Gasteiger partial charge >= 0.3 is 11.8 Å². The van der Waals surface area contributed by atoms with Gasteiger partial charge in [-0.15, -0.1) is 0 Å². The topological polar surface area (TPSA) is 101 Å². The Morgan fingerprint density at radius 2 is 1.93 bits per heavy atom. The van der Waals surface area contributed by atoms with Gasteiger partial charge in [-0.3, -0.25) is 19.4 Å². The van der Waals surface area contributed by atoms with Gasteiger partial charge in [0.1, 0.15) is 5.75 Å². The van der Waals surface area contributed by atoms with Gasteiger partial charge in [0.05, 0.1) is 18.4 Å². The summed E-state index contributed by atoms with van der Waals surface area (Å²) in [6.45, 7) is 3.51. The first-order chi connectivity index (χ1) is 14.5. The van der Waals surface area contributed by atoms with Gasteiger partial charge in [-0.05, 0) is 55.5 Å². The minimum Gasteiger partial charge on any atom is -0.495 e. The van der Waals surface area contributed by atoms with E-state index in [1.165, 1.54) is 7.11 Å². The number of carbonyl (C=O) groups excluding carboxylic acids is 3. The normalized spacial score (nSPS) is 14.1. The number of nitrogens with one attached hydrogen (secondary N) is 2. The van der Waals surface area contributed by atoms with Crippen molar-refractivity contribution < 1.29 is 19.1 Å². The molecule has 2 N–H and O–H groups in total. The van der Waals surface area contributed by atoms with Crippen LogP contribution < -0.4 is 15.4 Å². The van der Waals surface area contributed by atoms with Crippen LogP contribution in [-0.2, 0) is 9.59 Å². The molecule has 0 saturated carbocycles. The summed E-state index contributed by atoms with van der Waals surface area (Å²) in [7, 11) is 1.51. The fraction of sp³-hybridized carbons (Fsp3) is 0.364. The van der Waals surface area contributed by atoms with Gasteiger partial charge in [0.2, 0.25) is 0 Å². The number of benzene rings is 1. The average Bonchev–Trinajstić information content (AvgIpc) is 2.78. The number of nitrogens with zero attached hydrogens (tertiary/aromatic N) is 2. The number of anilines is 1. The molecule has 0 unspecified atom stereocenters. The number of hydrogen-bond donors (Lipinski definition) is 2. The van der Waals surface area contributed by atoms with Gasteiger partial charge in [0.25, 0.3) is 5.91 Å². The molecule has 2 aromatic rings. The van der Waals surface area contributed by atoms with Crippen LogP contribution in [0.2, 0.25) is 0 Å². The average molecular weight is 410 g/mol. The summed E-state index contributed by atoms with van der Waals surface area (Å²) in [6.07, 6.45) is 4.73. The Labute approximate surface area is 175 Å². The predicted octanol–water partition coefficient (Wildman–Crippen LogP) is 2.01. The molecule has 8 nitrogen and oxygen atoms in total. The second-order valence-electron chi connectivity index (χ2n) is 7.35. The van der Waals surface area contributed by atoms with E-state index >= 15 is 0 Å². The number of aryl methyl sites for hydroxylation is 1. The molecule has 1 fully saturated rings. The first-order valence-electron chi connectivity index (χ1n) is 9.91. The third kappa shape index (κ3) is 5.34. The Hall–Kier alpha value is -3.42. The standard InChI is InChI=1S/C22H26N4O4/c1-15-5-6-19(30-2)18(12-15)25-21(28)20(27)24-13-16-7-10-26(11-8-16)22(29)17-4-3-9-23-14-17/h3-6,9,12,14,16H,7-8,10-11,13H2,1-2H3,(H,24,27)(H,25,28). The maximum absolute atomic E-state index is 12.5. The van der Waals surface area contributed by atoms with E-state index < -0.39 is 11.8 Å². The fourth-order valence-corrected chi connectivity index (χ4v) is 3.43. The highest BCUT2D eigenvalue weighted by Gasteiger charge is 2.25. The first-order valence-corrected chi connectivity index (χ1v) is 9.91. The van der Waals surface area contributed by atoms with Crippen molar-refractivity contribution in [2.45, 2.75) is 19.8 Å². The molecule has 0 radical (unpaired) electrons. The van der Waals surface area contributed by atoms with Gasteiger partial charge in [-0.2, -0.15) is 0 Å². The molecule has 1 aromatic carbocycles. The molecule has 0 bridgehead atoms. The second-order valence-corrected chi connectivity index (χ2v) is 7.35. The molecule has 0 aliphatic carbocycles. The molecule has 3 rings (SSSR count). The summed E-state index contributed by atoms with van der Waals surface area (Å²) in [5, 5.41) is 5.29. The number of rotatable bonds is 5. The summed E-state index contributed by atoms with van der Waals surface area (Å²) in [4.78, 5) is 42.7. The third-order valence-corrected chi connectivity index (χ3v) is 5.17. The summed E-state index contributed by atoms with van der Waals surface area (Å²) >= 11 is 0. The van der Waals surface area contributed by atoms with Crippen LogP contribution in [0.1, 0.15) is 28.8 Å². The van der Waals surface area contributed by atoms with E-state index in [0.29, 0.717) is 36.6 Å². The van der Waals surface area contributed by atoms with Crippen molar-refractivity contribution in [1.29, 1.82) is 0 Å². The number of ether oxygens (including phenoxy) is 1. The van der Waals surface area contributed by atoms with Crippen molar-refractivity contribution >= 4 is 23.4 Å².